The van der Waals surface area contributed by atoms with Crippen LogP contribution in [0, 0.1) is 3.57 Å². The lowest BCUT2D eigenvalue weighted by atomic mass is 10.0. The van der Waals surface area contributed by atoms with Crippen LogP contribution in [0.15, 0.2) is 18.2 Å². The van der Waals surface area contributed by atoms with Crippen molar-refractivity contribution in [1.82, 2.24) is 5.32 Å². The third kappa shape index (κ3) is 4.74. The zero-order valence-corrected chi connectivity index (χ0v) is 13.4. The summed E-state index contributed by atoms with van der Waals surface area (Å²) in [7, 11) is 0. The smallest absolute Gasteiger partial charge is 0.251 e. The summed E-state index contributed by atoms with van der Waals surface area (Å²) in [5, 5.41) is 13.2. The van der Waals surface area contributed by atoms with E-state index in [2.05, 4.69) is 27.9 Å². The Labute approximate surface area is 126 Å². The number of carbonyl (C=O) groups is 1. The molecule has 0 saturated heterocycles. The lowest BCUT2D eigenvalue weighted by Crippen LogP contribution is -2.40. The van der Waals surface area contributed by atoms with E-state index < -0.39 is 5.60 Å². The second-order valence-corrected chi connectivity index (χ2v) is 6.13. The van der Waals surface area contributed by atoms with E-state index in [0.717, 1.165) is 9.99 Å². The zero-order valence-electron chi connectivity index (χ0n) is 10.5. The molecule has 2 N–H and O–H groups in total. The molecule has 0 saturated carbocycles. The number of benzene rings is 1. The van der Waals surface area contributed by atoms with Crippen molar-refractivity contribution in [1.29, 1.82) is 0 Å². The van der Waals surface area contributed by atoms with Gasteiger partial charge in [-0.15, -0.1) is 0 Å². The van der Waals surface area contributed by atoms with Gasteiger partial charge in [0.1, 0.15) is 0 Å². The second-order valence-electron chi connectivity index (χ2n) is 4.56. The SMILES string of the molecule is CCCC(C)(O)CNC(=O)c1ccc(I)c(Cl)c1. The monoisotopic (exact) mass is 381 g/mol. The maximum Gasteiger partial charge on any atom is 0.251 e. The molecule has 0 bridgehead atoms. The summed E-state index contributed by atoms with van der Waals surface area (Å²) >= 11 is 8.07. The molecule has 1 unspecified atom stereocenters. The van der Waals surface area contributed by atoms with Crippen LogP contribution in [0.3, 0.4) is 0 Å². The van der Waals surface area contributed by atoms with Gasteiger partial charge in [0, 0.05) is 15.7 Å². The van der Waals surface area contributed by atoms with Gasteiger partial charge < -0.3 is 10.4 Å². The molecule has 1 aromatic rings. The number of amides is 1. The number of aliphatic hydroxyl groups is 1. The van der Waals surface area contributed by atoms with Gasteiger partial charge in [0.05, 0.1) is 10.6 Å². The molecule has 18 heavy (non-hydrogen) atoms. The predicted molar refractivity (Wildman–Crippen MR) is 82.0 cm³/mol. The van der Waals surface area contributed by atoms with E-state index in [9.17, 15) is 9.90 Å². The summed E-state index contributed by atoms with van der Waals surface area (Å²) in [5.74, 6) is -0.218. The third-order valence-electron chi connectivity index (χ3n) is 2.60. The first-order valence-corrected chi connectivity index (χ1v) is 7.27. The summed E-state index contributed by atoms with van der Waals surface area (Å²) in [6, 6.07) is 5.15. The molecule has 0 heterocycles. The van der Waals surface area contributed by atoms with Crippen LogP contribution < -0.4 is 5.32 Å². The molecule has 0 fully saturated rings. The minimum absolute atomic E-state index is 0.218. The van der Waals surface area contributed by atoms with Crippen LogP contribution in [0.25, 0.3) is 0 Å². The molecule has 100 valence electrons. The molecule has 0 aliphatic rings. The highest BCUT2D eigenvalue weighted by Crippen LogP contribution is 2.19. The number of hydrogen-bond donors (Lipinski definition) is 2. The van der Waals surface area contributed by atoms with Crippen molar-refractivity contribution in [3.05, 3.63) is 32.4 Å². The summed E-state index contributed by atoms with van der Waals surface area (Å²) in [6.45, 7) is 3.95. The molecule has 0 radical (unpaired) electrons. The lowest BCUT2D eigenvalue weighted by molar-refractivity contribution is 0.0469. The summed E-state index contributed by atoms with van der Waals surface area (Å²) in [5.41, 5.74) is -0.357. The van der Waals surface area contributed by atoms with Crippen LogP contribution >= 0.6 is 34.2 Å². The lowest BCUT2D eigenvalue weighted by Gasteiger charge is -2.22. The van der Waals surface area contributed by atoms with Crippen molar-refractivity contribution in [2.45, 2.75) is 32.3 Å². The third-order valence-corrected chi connectivity index (χ3v) is 4.17. The first-order valence-electron chi connectivity index (χ1n) is 5.81. The van der Waals surface area contributed by atoms with E-state index in [4.69, 9.17) is 11.6 Å². The quantitative estimate of drug-likeness (QED) is 0.770. The van der Waals surface area contributed by atoms with Gasteiger partial charge in [-0.25, -0.2) is 0 Å². The van der Waals surface area contributed by atoms with Crippen molar-refractivity contribution in [2.75, 3.05) is 6.54 Å². The first kappa shape index (κ1) is 15.7. The molecule has 1 aromatic carbocycles. The molecule has 5 heteroatoms. The van der Waals surface area contributed by atoms with Gasteiger partial charge in [0.15, 0.2) is 0 Å². The number of hydrogen-bond acceptors (Lipinski definition) is 2. The molecule has 1 atom stereocenters. The van der Waals surface area contributed by atoms with E-state index in [1.807, 2.05) is 6.92 Å². The fourth-order valence-electron chi connectivity index (χ4n) is 1.64. The molecule has 1 amide bonds. The molecule has 0 aliphatic carbocycles. The van der Waals surface area contributed by atoms with E-state index in [1.165, 1.54) is 0 Å². The zero-order chi connectivity index (χ0) is 13.8. The van der Waals surface area contributed by atoms with Crippen LogP contribution in [-0.2, 0) is 0 Å². The standard InChI is InChI=1S/C13H17ClINO2/c1-3-6-13(2,18)8-16-12(17)9-4-5-11(15)10(14)7-9/h4-5,7,18H,3,6,8H2,1-2H3,(H,16,17). The van der Waals surface area contributed by atoms with Crippen molar-refractivity contribution < 1.29 is 9.90 Å². The summed E-state index contributed by atoms with van der Waals surface area (Å²) in [6.07, 6.45) is 1.53. The minimum Gasteiger partial charge on any atom is -0.388 e. The van der Waals surface area contributed by atoms with Crippen LogP contribution in [0.4, 0.5) is 0 Å². The molecule has 1 rings (SSSR count). The Morgan fingerprint density at radius 3 is 2.78 bits per heavy atom. The average Bonchev–Trinajstić information content (AvgIpc) is 2.30. The molecular formula is C13H17ClINO2. The van der Waals surface area contributed by atoms with Crippen LogP contribution in [-0.4, -0.2) is 23.2 Å². The highest BCUT2D eigenvalue weighted by molar-refractivity contribution is 14.1. The maximum atomic E-state index is 11.9. The predicted octanol–water partition coefficient (Wildman–Crippen LogP) is 3.23. The molecule has 0 aliphatic heterocycles. The van der Waals surface area contributed by atoms with Crippen LogP contribution in [0.1, 0.15) is 37.0 Å². The Hall–Kier alpha value is -0.330. The molecule has 0 spiro atoms. The van der Waals surface area contributed by atoms with Crippen molar-refractivity contribution in [2.24, 2.45) is 0 Å². The largest absolute Gasteiger partial charge is 0.388 e. The summed E-state index contributed by atoms with van der Waals surface area (Å²) < 4.78 is 0.906. The second kappa shape index (κ2) is 6.73. The van der Waals surface area contributed by atoms with Gasteiger partial charge in [-0.1, -0.05) is 24.9 Å². The van der Waals surface area contributed by atoms with Gasteiger partial charge in [0.25, 0.3) is 5.91 Å². The highest BCUT2D eigenvalue weighted by atomic mass is 127. The van der Waals surface area contributed by atoms with E-state index in [1.54, 1.807) is 25.1 Å². The van der Waals surface area contributed by atoms with Gasteiger partial charge >= 0.3 is 0 Å². The normalized spacial score (nSPS) is 14.1. The van der Waals surface area contributed by atoms with Crippen molar-refractivity contribution in [3.8, 4) is 0 Å². The molecule has 0 aromatic heterocycles. The number of carbonyl (C=O) groups excluding carboxylic acids is 1. The van der Waals surface area contributed by atoms with Crippen LogP contribution in [0.2, 0.25) is 5.02 Å². The Kier molecular flexibility index (Phi) is 5.88. The highest BCUT2D eigenvalue weighted by Gasteiger charge is 2.20. The van der Waals surface area contributed by atoms with Gasteiger partial charge in [0.2, 0.25) is 0 Å². The summed E-state index contributed by atoms with van der Waals surface area (Å²) in [4.78, 5) is 11.9. The van der Waals surface area contributed by atoms with Crippen molar-refractivity contribution in [3.63, 3.8) is 0 Å². The minimum atomic E-state index is -0.864. The number of nitrogens with one attached hydrogen (secondary N) is 1. The topological polar surface area (TPSA) is 49.3 Å². The Balaban J connectivity index is 2.63. The maximum absolute atomic E-state index is 11.9. The Bertz CT molecular complexity index is 435. The van der Waals surface area contributed by atoms with Crippen LogP contribution in [0.5, 0.6) is 0 Å². The molecular weight excluding hydrogens is 365 g/mol. The van der Waals surface area contributed by atoms with E-state index in [-0.39, 0.29) is 12.5 Å². The Morgan fingerprint density at radius 1 is 1.56 bits per heavy atom. The van der Waals surface area contributed by atoms with Crippen molar-refractivity contribution >= 4 is 40.1 Å². The average molecular weight is 382 g/mol. The number of rotatable bonds is 5. The fourth-order valence-corrected chi connectivity index (χ4v) is 2.15. The van der Waals surface area contributed by atoms with Gasteiger partial charge in [-0.05, 0) is 54.1 Å². The number of halogens is 2. The van der Waals surface area contributed by atoms with E-state index >= 15 is 0 Å². The Morgan fingerprint density at radius 2 is 2.22 bits per heavy atom. The van der Waals surface area contributed by atoms with E-state index in [0.29, 0.717) is 17.0 Å². The van der Waals surface area contributed by atoms with Gasteiger partial charge in [-0.3, -0.25) is 4.79 Å². The first-order chi connectivity index (χ1) is 8.35. The fraction of sp³-hybridized carbons (Fsp3) is 0.462. The molecule has 3 nitrogen and oxygen atoms in total. The van der Waals surface area contributed by atoms with Gasteiger partial charge in [-0.2, -0.15) is 0 Å².